The summed E-state index contributed by atoms with van der Waals surface area (Å²) in [6.45, 7) is 8.07. The first-order chi connectivity index (χ1) is 16.3. The highest BCUT2D eigenvalue weighted by Gasteiger charge is 2.44. The summed E-state index contributed by atoms with van der Waals surface area (Å²) in [5.74, 6) is -1.97. The number of nitrogens with zero attached hydrogens (tertiary/aromatic N) is 1. The molecule has 0 amide bonds. The molecule has 1 aromatic carbocycles. The van der Waals surface area contributed by atoms with Gasteiger partial charge in [-0.05, 0) is 54.9 Å². The quantitative estimate of drug-likeness (QED) is 0.548. The second kappa shape index (κ2) is 8.81. The molecule has 2 atom stereocenters. The van der Waals surface area contributed by atoms with Crippen LogP contribution in [0.1, 0.15) is 57.6 Å². The summed E-state index contributed by atoms with van der Waals surface area (Å²) >= 11 is 0. The Kier molecular flexibility index (Phi) is 6.28. The maximum Gasteiger partial charge on any atom is 0.422 e. The number of carbonyl (C=O) groups is 2. The van der Waals surface area contributed by atoms with Gasteiger partial charge >= 0.3 is 12.1 Å². The van der Waals surface area contributed by atoms with Gasteiger partial charge in [0.25, 0.3) is 0 Å². The zero-order valence-electron chi connectivity index (χ0n) is 20.5. The van der Waals surface area contributed by atoms with E-state index in [9.17, 15) is 22.8 Å². The van der Waals surface area contributed by atoms with E-state index in [1.807, 2.05) is 19.1 Å². The lowest BCUT2D eigenvalue weighted by atomic mass is 9.67. The molecule has 2 aliphatic rings. The van der Waals surface area contributed by atoms with Crippen LogP contribution < -0.4 is 5.32 Å². The number of rotatable bonds is 3. The number of Topliss-reactive ketones (excluding diaryl/α,β-unsaturated/α-hetero) is 1. The van der Waals surface area contributed by atoms with Crippen molar-refractivity contribution >= 4 is 22.7 Å². The molecule has 5 nitrogen and oxygen atoms in total. The second-order valence-corrected chi connectivity index (χ2v) is 10.5. The number of benzene rings is 1. The minimum Gasteiger partial charge on any atom is -0.453 e. The Balaban J connectivity index is 1.90. The fourth-order valence-electron chi connectivity index (χ4n) is 4.99. The molecule has 186 valence electrons. The van der Waals surface area contributed by atoms with Crippen LogP contribution in [-0.2, 0) is 14.3 Å². The topological polar surface area (TPSA) is 68.3 Å². The highest BCUT2D eigenvalue weighted by Crippen LogP contribution is 2.48. The van der Waals surface area contributed by atoms with Gasteiger partial charge in [0, 0.05) is 40.9 Å². The van der Waals surface area contributed by atoms with E-state index >= 15 is 0 Å². The Morgan fingerprint density at radius 2 is 1.89 bits per heavy atom. The number of esters is 1. The summed E-state index contributed by atoms with van der Waals surface area (Å²) in [5, 5.41) is 3.92. The molecule has 35 heavy (non-hydrogen) atoms. The lowest BCUT2D eigenvalue weighted by Crippen LogP contribution is -2.39. The fraction of sp³-hybridized carbons (Fsp3) is 0.444. The minimum absolute atomic E-state index is 0.0181. The highest BCUT2D eigenvalue weighted by molar-refractivity contribution is 6.05. The molecule has 1 aromatic heterocycles. The lowest BCUT2D eigenvalue weighted by molar-refractivity contribution is -0.183. The zero-order chi connectivity index (χ0) is 25.7. The van der Waals surface area contributed by atoms with Crippen molar-refractivity contribution in [2.45, 2.75) is 59.6 Å². The van der Waals surface area contributed by atoms with E-state index in [0.29, 0.717) is 40.9 Å². The zero-order valence-corrected chi connectivity index (χ0v) is 20.5. The molecule has 2 heterocycles. The van der Waals surface area contributed by atoms with Gasteiger partial charge in [0.15, 0.2) is 12.4 Å². The summed E-state index contributed by atoms with van der Waals surface area (Å²) in [4.78, 5) is 31.1. The van der Waals surface area contributed by atoms with Gasteiger partial charge in [-0.25, -0.2) is 4.79 Å². The number of aromatic nitrogens is 1. The van der Waals surface area contributed by atoms with Crippen molar-refractivity contribution in [2.24, 2.45) is 11.3 Å². The third-order valence-electron chi connectivity index (χ3n) is 6.85. The third kappa shape index (κ3) is 4.97. The molecule has 0 radical (unpaired) electrons. The highest BCUT2D eigenvalue weighted by atomic mass is 19.4. The number of pyridine rings is 1. The van der Waals surface area contributed by atoms with Crippen molar-refractivity contribution in [1.82, 2.24) is 10.3 Å². The van der Waals surface area contributed by atoms with Crippen molar-refractivity contribution in [3.8, 4) is 0 Å². The Bertz CT molecular complexity index is 1270. The van der Waals surface area contributed by atoms with Crippen LogP contribution in [0.2, 0.25) is 0 Å². The van der Waals surface area contributed by atoms with Gasteiger partial charge in [-0.2, -0.15) is 13.2 Å². The molecule has 0 saturated carbocycles. The summed E-state index contributed by atoms with van der Waals surface area (Å²) in [6.07, 6.45) is -2.04. The Morgan fingerprint density at radius 1 is 1.17 bits per heavy atom. The number of allylic oxidation sites excluding steroid dienone is 3. The van der Waals surface area contributed by atoms with Gasteiger partial charge < -0.3 is 10.1 Å². The van der Waals surface area contributed by atoms with Gasteiger partial charge in [-0.15, -0.1) is 0 Å². The van der Waals surface area contributed by atoms with Crippen molar-refractivity contribution in [3.63, 3.8) is 0 Å². The first-order valence-electron chi connectivity index (χ1n) is 11.6. The summed E-state index contributed by atoms with van der Waals surface area (Å²) < 4.78 is 43.3. The van der Waals surface area contributed by atoms with Gasteiger partial charge in [0.1, 0.15) is 0 Å². The first-order valence-corrected chi connectivity index (χ1v) is 11.6. The number of alkyl halides is 3. The van der Waals surface area contributed by atoms with Gasteiger partial charge in [0.2, 0.25) is 0 Å². The Morgan fingerprint density at radius 3 is 2.54 bits per heavy atom. The average Bonchev–Trinajstić information content (AvgIpc) is 2.75. The van der Waals surface area contributed by atoms with Crippen LogP contribution in [0.3, 0.4) is 0 Å². The van der Waals surface area contributed by atoms with E-state index in [1.165, 1.54) is 0 Å². The number of carbonyl (C=O) groups excluding carboxylic acids is 2. The van der Waals surface area contributed by atoms with Crippen LogP contribution in [0.4, 0.5) is 13.2 Å². The van der Waals surface area contributed by atoms with E-state index in [2.05, 4.69) is 35.8 Å². The van der Waals surface area contributed by atoms with Crippen molar-refractivity contribution in [2.75, 3.05) is 6.61 Å². The number of fused-ring (bicyclic) bond motifs is 1. The summed E-state index contributed by atoms with van der Waals surface area (Å²) in [7, 11) is 0. The normalized spacial score (nSPS) is 21.2. The Labute approximate surface area is 202 Å². The number of ether oxygens (including phenoxy) is 1. The lowest BCUT2D eigenvalue weighted by Gasteiger charge is -2.40. The van der Waals surface area contributed by atoms with Crippen LogP contribution in [-0.4, -0.2) is 29.5 Å². The predicted octanol–water partition coefficient (Wildman–Crippen LogP) is 5.89. The molecule has 0 unspecified atom stereocenters. The molecule has 2 aromatic rings. The number of dihydropyridines is 1. The molecular formula is C27H29F3N2O3. The molecule has 0 spiro atoms. The summed E-state index contributed by atoms with van der Waals surface area (Å²) in [5.41, 5.74) is 3.63. The standard InChI is InChI=1S/C27H29F3N2O3/c1-14-9-18-17(7-6-8-19(18)31-12-14)23-22(25(34)35-13-27(28,29)30)15(2)32-20-10-16(26(3,4)5)11-21(33)24(20)23/h6-9,12,16,23,32H,10-11,13H2,1-5H3/t16-,23-/m0/s1. The van der Waals surface area contributed by atoms with E-state index in [4.69, 9.17) is 0 Å². The Hall–Kier alpha value is -3.16. The van der Waals surface area contributed by atoms with E-state index in [0.717, 1.165) is 10.9 Å². The van der Waals surface area contributed by atoms with Crippen LogP contribution in [0, 0.1) is 18.3 Å². The number of halogens is 3. The third-order valence-corrected chi connectivity index (χ3v) is 6.85. The van der Waals surface area contributed by atoms with Crippen LogP contribution in [0.25, 0.3) is 10.9 Å². The number of hydrogen-bond acceptors (Lipinski definition) is 5. The van der Waals surface area contributed by atoms with E-state index in [1.54, 1.807) is 25.3 Å². The monoisotopic (exact) mass is 486 g/mol. The minimum atomic E-state index is -4.66. The number of ketones is 1. The van der Waals surface area contributed by atoms with Crippen LogP contribution >= 0.6 is 0 Å². The second-order valence-electron chi connectivity index (χ2n) is 10.5. The van der Waals surface area contributed by atoms with Gasteiger partial charge in [-0.3, -0.25) is 9.78 Å². The summed E-state index contributed by atoms with van der Waals surface area (Å²) in [6, 6.07) is 7.32. The maximum atomic E-state index is 13.6. The molecule has 8 heteroatoms. The van der Waals surface area contributed by atoms with Crippen molar-refractivity contribution < 1.29 is 27.5 Å². The molecular weight excluding hydrogens is 457 g/mol. The molecule has 1 aliphatic carbocycles. The van der Waals surface area contributed by atoms with Gasteiger partial charge in [-0.1, -0.05) is 32.9 Å². The first kappa shape index (κ1) is 24.9. The number of aryl methyl sites for hydroxylation is 1. The van der Waals surface area contributed by atoms with E-state index in [-0.39, 0.29) is 22.7 Å². The molecule has 0 saturated heterocycles. The fourth-order valence-corrected chi connectivity index (χ4v) is 4.99. The van der Waals surface area contributed by atoms with E-state index < -0.39 is 24.7 Å². The number of hydrogen-bond donors (Lipinski definition) is 1. The average molecular weight is 487 g/mol. The van der Waals surface area contributed by atoms with Crippen molar-refractivity contribution in [3.05, 3.63) is 64.1 Å². The molecule has 1 N–H and O–H groups in total. The maximum absolute atomic E-state index is 13.6. The largest absolute Gasteiger partial charge is 0.453 e. The molecule has 1 aliphatic heterocycles. The molecule has 4 rings (SSSR count). The van der Waals surface area contributed by atoms with Crippen molar-refractivity contribution in [1.29, 1.82) is 0 Å². The van der Waals surface area contributed by atoms with Crippen LogP contribution in [0.5, 0.6) is 0 Å². The SMILES string of the molecule is CC1=C(C(=O)OCC(F)(F)F)[C@H](c2cccc3ncc(C)cc23)C2=C(C[C@H](C(C)(C)C)CC2=O)N1. The predicted molar refractivity (Wildman–Crippen MR) is 126 cm³/mol. The smallest absolute Gasteiger partial charge is 0.422 e. The van der Waals surface area contributed by atoms with Gasteiger partial charge in [0.05, 0.1) is 11.1 Å². The molecule has 0 bridgehead atoms. The number of nitrogens with one attached hydrogen (secondary N) is 1. The van der Waals surface area contributed by atoms with Crippen LogP contribution in [0.15, 0.2) is 53.0 Å². The molecule has 0 fully saturated rings.